The molecule has 0 aliphatic rings. The Kier molecular flexibility index (Phi) is 11.1. The van der Waals surface area contributed by atoms with Crippen LogP contribution in [0.15, 0.2) is 47.4 Å². The third-order valence-corrected chi connectivity index (χ3v) is 5.00. The van der Waals surface area contributed by atoms with E-state index >= 15 is 0 Å². The number of hydrogen-bond acceptors (Lipinski definition) is 4. The maximum absolute atomic E-state index is 12.4. The summed E-state index contributed by atoms with van der Waals surface area (Å²) in [4.78, 5) is -0.385. The van der Waals surface area contributed by atoms with Crippen molar-refractivity contribution >= 4 is 10.1 Å². The number of unbranched alkanes of at least 4 members (excludes halogenated alkanes) is 5. The molecule has 0 unspecified atom stereocenters. The molecular weight excluding hydrogens is 391 g/mol. The second-order valence-corrected chi connectivity index (χ2v) is 7.74. The van der Waals surface area contributed by atoms with Crippen molar-refractivity contribution in [2.45, 2.75) is 56.8 Å². The van der Waals surface area contributed by atoms with E-state index in [0.29, 0.717) is 17.7 Å². The zero-order valence-corrected chi connectivity index (χ0v) is 19.9. The molecule has 0 spiro atoms. The summed E-state index contributed by atoms with van der Waals surface area (Å²) in [5.41, 5.74) is 0.504. The van der Waals surface area contributed by atoms with Crippen LogP contribution in [0.5, 0.6) is 17.2 Å². The number of aryl methyl sites for hydroxylation is 1. The largest absolute Gasteiger partial charge is 1.00 e. The molecule has 142 valence electrons. The summed E-state index contributed by atoms with van der Waals surface area (Å²) in [6, 6.07) is 11.1. The topological polar surface area (TPSA) is 86.7 Å². The molecule has 0 heterocycles. The Morgan fingerprint density at radius 1 is 1.00 bits per heavy atom. The Hall–Kier alpha value is -0.414. The van der Waals surface area contributed by atoms with Crippen molar-refractivity contribution in [1.82, 2.24) is 0 Å². The molecule has 0 amide bonds. The van der Waals surface area contributed by atoms with Crippen molar-refractivity contribution in [3.8, 4) is 17.2 Å². The minimum absolute atomic E-state index is 0. The van der Waals surface area contributed by atoms with E-state index in [0.717, 1.165) is 25.3 Å². The molecule has 7 heteroatoms. The molecule has 0 aromatic heterocycles. The van der Waals surface area contributed by atoms with Crippen molar-refractivity contribution in [3.05, 3.63) is 48.0 Å². The summed E-state index contributed by atoms with van der Waals surface area (Å²) in [6.07, 6.45) is 6.98. The van der Waals surface area contributed by atoms with Gasteiger partial charge in [-0.2, -0.15) is 8.42 Å². The van der Waals surface area contributed by atoms with Crippen LogP contribution in [0, 0.1) is 0 Å². The summed E-state index contributed by atoms with van der Waals surface area (Å²) in [7, 11) is -4.44. The maximum atomic E-state index is 12.4. The molecule has 0 aliphatic carbocycles. The fourth-order valence-electron chi connectivity index (χ4n) is 2.78. The van der Waals surface area contributed by atoms with Gasteiger partial charge in [-0.1, -0.05) is 63.0 Å². The summed E-state index contributed by atoms with van der Waals surface area (Å²) in [6.45, 7) is 2.16. The first-order valence-corrected chi connectivity index (χ1v) is 10.4. The molecule has 0 bridgehead atoms. The van der Waals surface area contributed by atoms with E-state index in [9.17, 15) is 18.1 Å². The third kappa shape index (κ3) is 8.23. The van der Waals surface area contributed by atoms with Crippen LogP contribution in [0.4, 0.5) is 0 Å². The Morgan fingerprint density at radius 2 is 1.63 bits per heavy atom. The fraction of sp³-hybridized carbons (Fsp3) is 0.400. The second kappa shape index (κ2) is 12.2. The van der Waals surface area contributed by atoms with Crippen molar-refractivity contribution in [1.29, 1.82) is 0 Å². The monoisotopic (exact) mass is 416 g/mol. The van der Waals surface area contributed by atoms with Crippen LogP contribution in [-0.4, -0.2) is 13.0 Å². The first-order chi connectivity index (χ1) is 12.4. The Bertz CT molecular complexity index is 807. The van der Waals surface area contributed by atoms with Gasteiger partial charge in [-0.15, -0.1) is 0 Å². The molecule has 5 nitrogen and oxygen atoms in total. The predicted molar refractivity (Wildman–Crippen MR) is 99.3 cm³/mol. The first kappa shape index (κ1) is 24.6. The van der Waals surface area contributed by atoms with Gasteiger partial charge in [-0.05, 0) is 42.7 Å². The standard InChI is InChI=1S/C20H26O5S.K/c1-2-3-4-5-6-8-11-16-14-18(26(22,23)24)15-19(21)20(16)25-17-12-9-7-10-13-17;/h7,9-10,12-15,21H,2-6,8,11H2,1H3,(H,22,23,24);/q;+1/p-1. The van der Waals surface area contributed by atoms with Gasteiger partial charge < -0.3 is 9.84 Å². The summed E-state index contributed by atoms with van der Waals surface area (Å²) < 4.78 is 37.9. The van der Waals surface area contributed by atoms with Crippen LogP contribution >= 0.6 is 0 Å². The van der Waals surface area contributed by atoms with Crippen molar-refractivity contribution in [2.24, 2.45) is 0 Å². The molecule has 0 radical (unpaired) electrons. The molecule has 2 aromatic carbocycles. The number of ether oxygens (including phenoxy) is 1. The van der Waals surface area contributed by atoms with Gasteiger partial charge in [0.2, 0.25) is 0 Å². The maximum Gasteiger partial charge on any atom is 1.00 e. The minimum atomic E-state index is -4.44. The average molecular weight is 417 g/mol. The summed E-state index contributed by atoms with van der Waals surface area (Å²) in [5, 5.41) is 12.4. The SMILES string of the molecule is CCCCCCCCc1cc(S(=O)(=O)O)cc([O-])c1Oc1ccccc1.[K+]. The number of hydrogen-bond donors (Lipinski definition) is 1. The van der Waals surface area contributed by atoms with Crippen LogP contribution in [-0.2, 0) is 16.5 Å². The fourth-order valence-corrected chi connectivity index (χ4v) is 3.33. The van der Waals surface area contributed by atoms with Gasteiger partial charge in [-0.3, -0.25) is 4.55 Å². The molecule has 1 N–H and O–H groups in total. The number of para-hydroxylation sites is 1. The average Bonchev–Trinajstić information content (AvgIpc) is 2.60. The van der Waals surface area contributed by atoms with Crippen LogP contribution in [0.3, 0.4) is 0 Å². The molecule has 0 aliphatic heterocycles. The zero-order valence-electron chi connectivity index (χ0n) is 16.0. The normalized spacial score (nSPS) is 11.0. The number of benzene rings is 2. The Labute approximate surface area is 204 Å². The van der Waals surface area contributed by atoms with E-state index in [1.807, 2.05) is 6.07 Å². The molecule has 2 rings (SSSR count). The quantitative estimate of drug-likeness (QED) is 0.362. The van der Waals surface area contributed by atoms with Gasteiger partial charge in [0.15, 0.2) is 0 Å². The zero-order chi connectivity index (χ0) is 19.0. The van der Waals surface area contributed by atoms with Gasteiger partial charge in [0.25, 0.3) is 10.1 Å². The molecule has 0 saturated heterocycles. The Morgan fingerprint density at radius 3 is 2.26 bits per heavy atom. The van der Waals surface area contributed by atoms with Crippen LogP contribution in [0.25, 0.3) is 0 Å². The molecular formula is C20H25KO5S. The molecule has 0 fully saturated rings. The molecule has 0 atom stereocenters. The molecule has 0 saturated carbocycles. The van der Waals surface area contributed by atoms with Crippen molar-refractivity contribution in [3.63, 3.8) is 0 Å². The predicted octanol–water partition coefficient (Wildman–Crippen LogP) is 1.71. The van der Waals surface area contributed by atoms with E-state index in [1.165, 1.54) is 25.3 Å². The van der Waals surface area contributed by atoms with E-state index in [4.69, 9.17) is 4.74 Å². The van der Waals surface area contributed by atoms with E-state index < -0.39 is 15.9 Å². The molecule has 2 aromatic rings. The van der Waals surface area contributed by atoms with E-state index in [1.54, 1.807) is 24.3 Å². The third-order valence-electron chi connectivity index (χ3n) is 4.17. The molecule has 27 heavy (non-hydrogen) atoms. The van der Waals surface area contributed by atoms with Gasteiger partial charge in [0, 0.05) is 0 Å². The van der Waals surface area contributed by atoms with E-state index in [-0.39, 0.29) is 62.0 Å². The van der Waals surface area contributed by atoms with Crippen LogP contribution in [0.2, 0.25) is 0 Å². The first-order valence-electron chi connectivity index (χ1n) is 8.96. The smallest absolute Gasteiger partial charge is 0.870 e. The second-order valence-electron chi connectivity index (χ2n) is 6.32. The van der Waals surface area contributed by atoms with Gasteiger partial charge in [0.05, 0.1) is 4.90 Å². The van der Waals surface area contributed by atoms with Crippen molar-refractivity contribution in [2.75, 3.05) is 0 Å². The van der Waals surface area contributed by atoms with Gasteiger partial charge in [0.1, 0.15) is 11.5 Å². The summed E-state index contributed by atoms with van der Waals surface area (Å²) in [5.74, 6) is 0.0792. The van der Waals surface area contributed by atoms with Gasteiger partial charge in [-0.25, -0.2) is 0 Å². The van der Waals surface area contributed by atoms with Crippen LogP contribution in [0.1, 0.15) is 51.0 Å². The van der Waals surface area contributed by atoms with E-state index in [2.05, 4.69) is 6.92 Å². The Balaban J connectivity index is 0.00000364. The number of rotatable bonds is 10. The van der Waals surface area contributed by atoms with Gasteiger partial charge >= 0.3 is 51.4 Å². The summed E-state index contributed by atoms with van der Waals surface area (Å²) >= 11 is 0. The van der Waals surface area contributed by atoms with Crippen LogP contribution < -0.4 is 61.2 Å². The van der Waals surface area contributed by atoms with Crippen molar-refractivity contribution < 1.29 is 74.2 Å². The minimum Gasteiger partial charge on any atom is -0.870 e.